The van der Waals surface area contributed by atoms with Crippen LogP contribution >= 0.6 is 0 Å². The summed E-state index contributed by atoms with van der Waals surface area (Å²) in [7, 11) is 0. The van der Waals surface area contributed by atoms with Gasteiger partial charge in [-0.2, -0.15) is 0 Å². The zero-order valence-corrected chi connectivity index (χ0v) is 11.2. The molecule has 0 radical (unpaired) electrons. The SMILES string of the molecule is C=C(CCC(OC1=CC=CC1)OC1=CC=CC1)C(=O)O. The second kappa shape index (κ2) is 6.80. The third-order valence-electron chi connectivity index (χ3n) is 3.02. The van der Waals surface area contributed by atoms with E-state index >= 15 is 0 Å². The maximum atomic E-state index is 10.8. The molecule has 0 aromatic rings. The highest BCUT2D eigenvalue weighted by Crippen LogP contribution is 2.23. The largest absolute Gasteiger partial charge is 0.478 e. The Balaban J connectivity index is 1.88. The van der Waals surface area contributed by atoms with Crippen LogP contribution in [0.25, 0.3) is 0 Å². The van der Waals surface area contributed by atoms with Gasteiger partial charge in [-0.3, -0.25) is 0 Å². The number of ether oxygens (including phenoxy) is 2. The van der Waals surface area contributed by atoms with E-state index in [-0.39, 0.29) is 5.57 Å². The monoisotopic (exact) mass is 274 g/mol. The number of carboxylic acids is 1. The molecule has 2 aliphatic rings. The minimum Gasteiger partial charge on any atom is -0.478 e. The van der Waals surface area contributed by atoms with Crippen molar-refractivity contribution in [3.05, 3.63) is 60.1 Å². The first-order valence-corrected chi connectivity index (χ1v) is 6.61. The first kappa shape index (κ1) is 14.2. The summed E-state index contributed by atoms with van der Waals surface area (Å²) in [6.45, 7) is 3.53. The minimum absolute atomic E-state index is 0.166. The number of carbonyl (C=O) groups is 1. The van der Waals surface area contributed by atoms with Crippen LogP contribution in [0.1, 0.15) is 25.7 Å². The molecule has 0 aromatic heterocycles. The summed E-state index contributed by atoms with van der Waals surface area (Å²) in [4.78, 5) is 10.8. The lowest BCUT2D eigenvalue weighted by Gasteiger charge is -2.22. The van der Waals surface area contributed by atoms with Gasteiger partial charge in [0.2, 0.25) is 6.29 Å². The quantitative estimate of drug-likeness (QED) is 0.544. The fourth-order valence-corrected chi connectivity index (χ4v) is 1.91. The Morgan fingerprint density at radius 1 is 1.20 bits per heavy atom. The van der Waals surface area contributed by atoms with E-state index in [1.165, 1.54) is 0 Å². The number of allylic oxidation sites excluding steroid dienone is 6. The van der Waals surface area contributed by atoms with Gasteiger partial charge in [-0.15, -0.1) is 0 Å². The summed E-state index contributed by atoms with van der Waals surface area (Å²) in [5.41, 5.74) is 0.166. The summed E-state index contributed by atoms with van der Waals surface area (Å²) >= 11 is 0. The summed E-state index contributed by atoms with van der Waals surface area (Å²) in [6, 6.07) is 0. The van der Waals surface area contributed by atoms with Gasteiger partial charge in [0.1, 0.15) is 11.5 Å². The van der Waals surface area contributed by atoms with E-state index < -0.39 is 12.3 Å². The molecular weight excluding hydrogens is 256 g/mol. The molecule has 2 aliphatic carbocycles. The van der Waals surface area contributed by atoms with Crippen molar-refractivity contribution in [3.63, 3.8) is 0 Å². The van der Waals surface area contributed by atoms with Crippen molar-refractivity contribution in [2.75, 3.05) is 0 Å². The van der Waals surface area contributed by atoms with Gasteiger partial charge in [-0.05, 0) is 18.6 Å². The molecule has 0 atom stereocenters. The van der Waals surface area contributed by atoms with Gasteiger partial charge in [0.25, 0.3) is 0 Å². The second-order valence-electron chi connectivity index (χ2n) is 4.64. The van der Waals surface area contributed by atoms with Crippen LogP contribution in [0.15, 0.2) is 60.1 Å². The standard InChI is InChI=1S/C16H18O4/c1-12(16(17)18)10-11-15(19-13-6-2-3-7-13)20-14-8-4-5-9-14/h2-6,8,15H,1,7,9-11H2,(H,17,18). The molecule has 0 saturated heterocycles. The van der Waals surface area contributed by atoms with Crippen molar-refractivity contribution < 1.29 is 19.4 Å². The van der Waals surface area contributed by atoms with Gasteiger partial charge in [0, 0.05) is 24.8 Å². The van der Waals surface area contributed by atoms with Crippen molar-refractivity contribution in [1.82, 2.24) is 0 Å². The summed E-state index contributed by atoms with van der Waals surface area (Å²) in [5.74, 6) is 0.692. The highest BCUT2D eigenvalue weighted by Gasteiger charge is 2.18. The van der Waals surface area contributed by atoms with Crippen LogP contribution < -0.4 is 0 Å². The molecule has 0 aromatic carbocycles. The van der Waals surface area contributed by atoms with Crippen LogP contribution in [-0.4, -0.2) is 17.4 Å². The van der Waals surface area contributed by atoms with Crippen molar-refractivity contribution in [1.29, 1.82) is 0 Å². The zero-order chi connectivity index (χ0) is 14.4. The van der Waals surface area contributed by atoms with Crippen molar-refractivity contribution in [2.24, 2.45) is 0 Å². The van der Waals surface area contributed by atoms with Gasteiger partial charge in [0.05, 0.1) is 0 Å². The van der Waals surface area contributed by atoms with Crippen LogP contribution in [0, 0.1) is 0 Å². The number of rotatable bonds is 8. The highest BCUT2D eigenvalue weighted by molar-refractivity contribution is 5.85. The van der Waals surface area contributed by atoms with E-state index in [1.807, 2.05) is 36.5 Å². The lowest BCUT2D eigenvalue weighted by atomic mass is 10.1. The maximum Gasteiger partial charge on any atom is 0.330 e. The molecule has 4 heteroatoms. The van der Waals surface area contributed by atoms with E-state index in [0.29, 0.717) is 12.8 Å². The molecule has 0 fully saturated rings. The molecule has 2 rings (SSSR count). The van der Waals surface area contributed by atoms with Crippen molar-refractivity contribution in [2.45, 2.75) is 32.0 Å². The van der Waals surface area contributed by atoms with Crippen LogP contribution in [0.3, 0.4) is 0 Å². The van der Waals surface area contributed by atoms with Gasteiger partial charge in [-0.25, -0.2) is 4.79 Å². The number of hydrogen-bond acceptors (Lipinski definition) is 3. The molecule has 0 bridgehead atoms. The minimum atomic E-state index is -0.979. The van der Waals surface area contributed by atoms with E-state index in [4.69, 9.17) is 14.6 Å². The maximum absolute atomic E-state index is 10.8. The van der Waals surface area contributed by atoms with Crippen LogP contribution in [0.5, 0.6) is 0 Å². The smallest absolute Gasteiger partial charge is 0.330 e. The molecular formula is C16H18O4. The van der Waals surface area contributed by atoms with Crippen molar-refractivity contribution >= 4 is 5.97 Å². The Kier molecular flexibility index (Phi) is 4.82. The predicted molar refractivity (Wildman–Crippen MR) is 75.6 cm³/mol. The van der Waals surface area contributed by atoms with E-state index in [0.717, 1.165) is 24.4 Å². The number of aliphatic carboxylic acids is 1. The Bertz CT molecular complexity index is 477. The Labute approximate surface area is 118 Å². The van der Waals surface area contributed by atoms with Gasteiger partial charge < -0.3 is 14.6 Å². The molecule has 0 saturated carbocycles. The van der Waals surface area contributed by atoms with Crippen LogP contribution in [-0.2, 0) is 14.3 Å². The fourth-order valence-electron chi connectivity index (χ4n) is 1.91. The summed E-state index contributed by atoms with van der Waals surface area (Å²) < 4.78 is 11.6. The third kappa shape index (κ3) is 4.16. The normalized spacial score (nSPS) is 16.2. The van der Waals surface area contributed by atoms with Crippen LogP contribution in [0.2, 0.25) is 0 Å². The molecule has 106 valence electrons. The first-order chi connectivity index (χ1) is 9.65. The van der Waals surface area contributed by atoms with Crippen molar-refractivity contribution in [3.8, 4) is 0 Å². The lowest BCUT2D eigenvalue weighted by molar-refractivity contribution is -0.133. The highest BCUT2D eigenvalue weighted by atomic mass is 16.7. The number of hydrogen-bond donors (Lipinski definition) is 1. The predicted octanol–water partition coefficient (Wildman–Crippen LogP) is 3.45. The lowest BCUT2D eigenvalue weighted by Crippen LogP contribution is -2.17. The van der Waals surface area contributed by atoms with E-state index in [1.54, 1.807) is 0 Å². The Hall–Kier alpha value is -2.23. The molecule has 0 spiro atoms. The molecule has 0 heterocycles. The number of carboxylic acid groups (broad SMARTS) is 1. The van der Waals surface area contributed by atoms with Gasteiger partial charge >= 0.3 is 5.97 Å². The van der Waals surface area contributed by atoms with Gasteiger partial charge in [0.15, 0.2) is 0 Å². The van der Waals surface area contributed by atoms with Gasteiger partial charge in [-0.1, -0.05) is 30.9 Å². The first-order valence-electron chi connectivity index (χ1n) is 6.61. The average molecular weight is 274 g/mol. The molecule has 4 nitrogen and oxygen atoms in total. The van der Waals surface area contributed by atoms with E-state index in [9.17, 15) is 4.79 Å². The topological polar surface area (TPSA) is 55.8 Å². The third-order valence-corrected chi connectivity index (χ3v) is 3.02. The molecule has 0 unspecified atom stereocenters. The Morgan fingerprint density at radius 2 is 1.75 bits per heavy atom. The Morgan fingerprint density at radius 3 is 2.15 bits per heavy atom. The molecule has 0 aliphatic heterocycles. The zero-order valence-electron chi connectivity index (χ0n) is 11.2. The summed E-state index contributed by atoms with van der Waals surface area (Å²) in [5, 5.41) is 8.84. The average Bonchev–Trinajstić information content (AvgIpc) is 3.08. The fraction of sp³-hybridized carbons (Fsp3) is 0.312. The summed E-state index contributed by atoms with van der Waals surface area (Å²) in [6.07, 6.45) is 13.4. The van der Waals surface area contributed by atoms with Crippen LogP contribution in [0.4, 0.5) is 0 Å². The second-order valence-corrected chi connectivity index (χ2v) is 4.64. The molecule has 1 N–H and O–H groups in total. The molecule has 0 amide bonds. The molecule has 20 heavy (non-hydrogen) atoms. The van der Waals surface area contributed by atoms with E-state index in [2.05, 4.69) is 6.58 Å².